The van der Waals surface area contributed by atoms with Gasteiger partial charge in [0.25, 0.3) is 0 Å². The van der Waals surface area contributed by atoms with Crippen molar-refractivity contribution in [2.75, 3.05) is 0 Å². The molecular weight excluding hydrogens is 496 g/mol. The van der Waals surface area contributed by atoms with Gasteiger partial charge in [-0.2, -0.15) is 0 Å². The molecule has 1 aromatic rings. The molecule has 0 saturated heterocycles. The van der Waals surface area contributed by atoms with E-state index in [4.69, 9.17) is 22.3 Å². The van der Waals surface area contributed by atoms with Crippen molar-refractivity contribution >= 4 is 41.5 Å². The van der Waals surface area contributed by atoms with Crippen molar-refractivity contribution in [2.45, 2.75) is 62.7 Å². The summed E-state index contributed by atoms with van der Waals surface area (Å²) in [6.07, 6.45) is 0.311. The first kappa shape index (κ1) is 30.5. The van der Waals surface area contributed by atoms with E-state index in [9.17, 15) is 38.7 Å². The zero-order valence-electron chi connectivity index (χ0n) is 19.6. The van der Waals surface area contributed by atoms with E-state index >= 15 is 0 Å². The lowest BCUT2D eigenvalue weighted by atomic mass is 10.1. The highest BCUT2D eigenvalue weighted by Gasteiger charge is 2.31. The monoisotopic (exact) mass is 526 g/mol. The summed E-state index contributed by atoms with van der Waals surface area (Å²) >= 11 is 0. The number of hydrogen-bond donors (Lipinski definition) is 9. The first-order valence-electron chi connectivity index (χ1n) is 10.9. The number of carboxylic acids is 2. The molecule has 0 aliphatic carbocycles. The van der Waals surface area contributed by atoms with Crippen LogP contribution in [0.2, 0.25) is 0 Å². The number of nitrogens with one attached hydrogen (secondary N) is 4. The molecule has 0 saturated carbocycles. The second-order valence-electron chi connectivity index (χ2n) is 8.02. The normalized spacial score (nSPS) is 13.9. The summed E-state index contributed by atoms with van der Waals surface area (Å²) in [5.74, 6) is -7.31. The molecule has 37 heavy (non-hydrogen) atoms. The van der Waals surface area contributed by atoms with Gasteiger partial charge in [-0.15, -0.1) is 0 Å². The van der Waals surface area contributed by atoms with E-state index < -0.39 is 84.9 Å². The van der Waals surface area contributed by atoms with Crippen LogP contribution in [0.25, 0.3) is 0 Å². The third-order valence-electron chi connectivity index (χ3n) is 4.94. The summed E-state index contributed by atoms with van der Waals surface area (Å²) in [5, 5.41) is 25.1. The van der Waals surface area contributed by atoms with E-state index in [0.717, 1.165) is 0 Å². The van der Waals surface area contributed by atoms with Gasteiger partial charge in [-0.3, -0.25) is 28.8 Å². The topological polar surface area (TPSA) is 303 Å². The minimum absolute atomic E-state index is 0.162. The Balaban J connectivity index is 3.08. The molecular formula is C20H30N8O9. The van der Waals surface area contributed by atoms with Gasteiger partial charge in [-0.05, 0) is 12.8 Å². The van der Waals surface area contributed by atoms with E-state index in [2.05, 4.69) is 25.9 Å². The number of carbonyl (C=O) groups excluding carboxylic acids is 5. The Bertz CT molecular complexity index is 998. The number of aromatic nitrogens is 2. The van der Waals surface area contributed by atoms with E-state index in [1.54, 1.807) is 0 Å². The molecule has 0 fully saturated rings. The summed E-state index contributed by atoms with van der Waals surface area (Å²) in [4.78, 5) is 89.3. The van der Waals surface area contributed by atoms with Crippen LogP contribution in [0.3, 0.4) is 0 Å². The maximum Gasteiger partial charge on any atom is 0.326 e. The van der Waals surface area contributed by atoms with E-state index in [-0.39, 0.29) is 19.3 Å². The van der Waals surface area contributed by atoms with Crippen LogP contribution in [-0.4, -0.2) is 85.8 Å². The molecule has 0 bridgehead atoms. The number of carbonyl (C=O) groups is 7. The van der Waals surface area contributed by atoms with Gasteiger partial charge >= 0.3 is 11.9 Å². The number of aliphatic carboxylic acids is 2. The molecule has 0 aliphatic rings. The summed E-state index contributed by atoms with van der Waals surface area (Å²) in [6.45, 7) is 0. The Morgan fingerprint density at radius 3 is 1.92 bits per heavy atom. The van der Waals surface area contributed by atoms with Gasteiger partial charge in [-0.25, -0.2) is 9.78 Å². The SMILES string of the molecule is NC(=O)CCC(NC(=O)C(CCC(=O)O)NC(=O)C(Cc1cnc[nH]1)NC(=O)C(N)CC(N)=O)C(=O)O. The quantitative estimate of drug-likeness (QED) is 0.0937. The average molecular weight is 527 g/mol. The first-order chi connectivity index (χ1) is 17.3. The van der Waals surface area contributed by atoms with Gasteiger partial charge in [0.2, 0.25) is 29.5 Å². The molecule has 204 valence electrons. The first-order valence-corrected chi connectivity index (χ1v) is 10.9. The average Bonchev–Trinajstić information content (AvgIpc) is 3.30. The van der Waals surface area contributed by atoms with Crippen LogP contribution in [0.1, 0.15) is 37.8 Å². The number of aromatic amines is 1. The molecule has 1 rings (SSSR count). The molecule has 17 heteroatoms. The third-order valence-corrected chi connectivity index (χ3v) is 4.94. The Morgan fingerprint density at radius 2 is 1.41 bits per heavy atom. The number of nitrogens with two attached hydrogens (primary N) is 3. The van der Waals surface area contributed by atoms with E-state index in [1.807, 2.05) is 0 Å². The van der Waals surface area contributed by atoms with Gasteiger partial charge in [0.15, 0.2) is 0 Å². The summed E-state index contributed by atoms with van der Waals surface area (Å²) in [6, 6.07) is -5.81. The summed E-state index contributed by atoms with van der Waals surface area (Å²) < 4.78 is 0. The van der Waals surface area contributed by atoms with Gasteiger partial charge in [0, 0.05) is 31.2 Å². The van der Waals surface area contributed by atoms with Crippen molar-refractivity contribution in [1.82, 2.24) is 25.9 Å². The predicted molar refractivity (Wildman–Crippen MR) is 123 cm³/mol. The minimum Gasteiger partial charge on any atom is -0.481 e. The molecule has 4 atom stereocenters. The summed E-state index contributed by atoms with van der Waals surface area (Å²) in [7, 11) is 0. The Hall–Kier alpha value is -4.54. The lowest BCUT2D eigenvalue weighted by Crippen LogP contribution is -2.58. The van der Waals surface area contributed by atoms with Crippen LogP contribution >= 0.6 is 0 Å². The van der Waals surface area contributed by atoms with Crippen molar-refractivity contribution in [3.8, 4) is 0 Å². The Kier molecular flexibility index (Phi) is 12.2. The molecule has 12 N–H and O–H groups in total. The second-order valence-corrected chi connectivity index (χ2v) is 8.02. The zero-order chi connectivity index (χ0) is 28.1. The molecule has 0 aromatic carbocycles. The van der Waals surface area contributed by atoms with E-state index in [0.29, 0.717) is 5.69 Å². The molecule has 0 radical (unpaired) electrons. The lowest BCUT2D eigenvalue weighted by molar-refractivity contribution is -0.143. The van der Waals surface area contributed by atoms with Crippen molar-refractivity contribution < 1.29 is 43.8 Å². The van der Waals surface area contributed by atoms with Crippen LogP contribution in [0.5, 0.6) is 0 Å². The van der Waals surface area contributed by atoms with Crippen molar-refractivity contribution in [3.05, 3.63) is 18.2 Å². The number of primary amides is 2. The van der Waals surface area contributed by atoms with Crippen molar-refractivity contribution in [1.29, 1.82) is 0 Å². The number of carboxylic acid groups (broad SMARTS) is 2. The third kappa shape index (κ3) is 11.6. The fourth-order valence-corrected chi connectivity index (χ4v) is 3.04. The van der Waals surface area contributed by atoms with Crippen molar-refractivity contribution in [3.63, 3.8) is 0 Å². The number of amides is 5. The molecule has 0 aliphatic heterocycles. The van der Waals surface area contributed by atoms with Crippen LogP contribution in [0.15, 0.2) is 12.5 Å². The van der Waals surface area contributed by atoms with Crippen LogP contribution in [0, 0.1) is 0 Å². The number of nitrogens with zero attached hydrogens (tertiary/aromatic N) is 1. The number of H-pyrrole nitrogens is 1. The molecule has 1 aromatic heterocycles. The van der Waals surface area contributed by atoms with Crippen molar-refractivity contribution in [2.24, 2.45) is 17.2 Å². The molecule has 17 nitrogen and oxygen atoms in total. The number of imidazole rings is 1. The maximum atomic E-state index is 13.0. The van der Waals surface area contributed by atoms with E-state index in [1.165, 1.54) is 12.5 Å². The molecule has 5 amide bonds. The van der Waals surface area contributed by atoms with Gasteiger partial charge in [-0.1, -0.05) is 0 Å². The largest absolute Gasteiger partial charge is 0.481 e. The van der Waals surface area contributed by atoms with Gasteiger partial charge in [0.05, 0.1) is 18.8 Å². The zero-order valence-corrected chi connectivity index (χ0v) is 19.6. The van der Waals surface area contributed by atoms with Gasteiger partial charge in [0.1, 0.15) is 18.1 Å². The predicted octanol–water partition coefficient (Wildman–Crippen LogP) is -4.18. The number of rotatable bonds is 17. The fourth-order valence-electron chi connectivity index (χ4n) is 3.04. The molecule has 0 spiro atoms. The molecule has 4 unspecified atom stereocenters. The Labute approximate surface area is 209 Å². The smallest absolute Gasteiger partial charge is 0.326 e. The minimum atomic E-state index is -1.54. The highest BCUT2D eigenvalue weighted by Crippen LogP contribution is 2.06. The van der Waals surface area contributed by atoms with Crippen LogP contribution < -0.4 is 33.2 Å². The standard InChI is InChI=1S/C20H30N8O9/c21-10(6-15(23)30)17(33)28-13(5-9-7-24-8-25-9)19(35)26-11(2-4-16(31)32)18(34)27-12(20(36)37)1-3-14(22)29/h7-8,10-13H,1-6,21H2,(H2,22,29)(H2,23,30)(H,24,25)(H,26,35)(H,27,34)(H,28,33)(H,31,32)(H,36,37). The fraction of sp³-hybridized carbons (Fsp3) is 0.500. The second kappa shape index (κ2) is 14.8. The Morgan fingerprint density at radius 1 is 0.838 bits per heavy atom. The van der Waals surface area contributed by atoms with Crippen LogP contribution in [0.4, 0.5) is 0 Å². The molecule has 1 heterocycles. The lowest BCUT2D eigenvalue weighted by Gasteiger charge is -2.24. The number of hydrogen-bond acceptors (Lipinski definition) is 9. The van der Waals surface area contributed by atoms with Crippen LogP contribution in [-0.2, 0) is 40.0 Å². The highest BCUT2D eigenvalue weighted by atomic mass is 16.4. The summed E-state index contributed by atoms with van der Waals surface area (Å²) in [5.41, 5.74) is 16.1. The maximum absolute atomic E-state index is 13.0. The highest BCUT2D eigenvalue weighted by molar-refractivity contribution is 5.95. The van der Waals surface area contributed by atoms with Gasteiger partial charge < -0.3 is 48.3 Å².